The Morgan fingerprint density at radius 1 is 0.944 bits per heavy atom. The zero-order valence-corrected chi connectivity index (χ0v) is 19.7. The summed E-state index contributed by atoms with van der Waals surface area (Å²) < 4.78 is 3.15. The molecule has 0 spiro atoms. The van der Waals surface area contributed by atoms with E-state index in [-0.39, 0.29) is 11.1 Å². The lowest BCUT2D eigenvalue weighted by molar-refractivity contribution is 0.102. The average molecular weight is 478 g/mol. The Kier molecular flexibility index (Phi) is 5.87. The molecule has 0 aliphatic heterocycles. The first-order valence-electron chi connectivity index (χ1n) is 11.2. The van der Waals surface area contributed by atoms with Gasteiger partial charge in [-0.1, -0.05) is 30.3 Å². The van der Waals surface area contributed by atoms with Crippen molar-refractivity contribution in [3.05, 3.63) is 107 Å². The van der Waals surface area contributed by atoms with E-state index in [9.17, 15) is 9.59 Å². The Morgan fingerprint density at radius 3 is 2.33 bits per heavy atom. The van der Waals surface area contributed by atoms with Crippen LogP contribution in [0, 0.1) is 6.92 Å². The number of para-hydroxylation sites is 1. The maximum Gasteiger partial charge on any atom is 0.284 e. The van der Waals surface area contributed by atoms with Gasteiger partial charge in [-0.15, -0.1) is 0 Å². The first kappa shape index (κ1) is 22.7. The summed E-state index contributed by atoms with van der Waals surface area (Å²) in [6.07, 6.45) is 4.99. The van der Waals surface area contributed by atoms with Crippen LogP contribution in [-0.4, -0.2) is 30.2 Å². The molecule has 9 heteroatoms. The molecule has 0 bridgehead atoms. The van der Waals surface area contributed by atoms with E-state index in [1.165, 1.54) is 4.68 Å². The predicted octanol–water partition coefficient (Wildman–Crippen LogP) is 3.84. The average Bonchev–Trinajstić information content (AvgIpc) is 3.13. The van der Waals surface area contributed by atoms with Gasteiger partial charge in [-0.25, -0.2) is 14.6 Å². The third-order valence-corrected chi connectivity index (χ3v) is 5.97. The minimum atomic E-state index is -0.477. The quantitative estimate of drug-likeness (QED) is 0.397. The molecule has 0 radical (unpaired) electrons. The molecule has 1 amide bonds. The number of carbonyl (C=O) groups is 1. The zero-order chi connectivity index (χ0) is 25.2. The highest BCUT2D eigenvalue weighted by Gasteiger charge is 2.22. The lowest BCUT2D eigenvalue weighted by Crippen LogP contribution is -2.25. The van der Waals surface area contributed by atoms with E-state index in [0.717, 1.165) is 11.1 Å². The van der Waals surface area contributed by atoms with Crippen LogP contribution >= 0.6 is 0 Å². The molecule has 0 saturated carbocycles. The van der Waals surface area contributed by atoms with Crippen LogP contribution in [0.3, 0.4) is 0 Å². The molecule has 2 aromatic carbocycles. The lowest BCUT2D eigenvalue weighted by atomic mass is 10.1. The summed E-state index contributed by atoms with van der Waals surface area (Å²) in [4.78, 5) is 39.2. The summed E-state index contributed by atoms with van der Waals surface area (Å²) in [6.45, 7) is 1.75. The molecule has 9 nitrogen and oxygen atoms in total. The second kappa shape index (κ2) is 9.30. The highest BCUT2D eigenvalue weighted by molar-refractivity contribution is 6.05. The molecule has 0 aliphatic rings. The molecule has 0 unspecified atom stereocenters. The number of hydrogen-bond acceptors (Lipinski definition) is 6. The van der Waals surface area contributed by atoms with E-state index >= 15 is 0 Å². The minimum Gasteiger partial charge on any atom is -0.382 e. The number of nitrogens with one attached hydrogen (secondary N) is 1. The third-order valence-electron chi connectivity index (χ3n) is 5.97. The van der Waals surface area contributed by atoms with Crippen molar-refractivity contribution in [2.75, 3.05) is 11.1 Å². The Morgan fingerprint density at radius 2 is 1.64 bits per heavy atom. The summed E-state index contributed by atoms with van der Waals surface area (Å²) in [7, 11) is 1.75. The second-order valence-electron chi connectivity index (χ2n) is 8.19. The fraction of sp³-hybridized carbons (Fsp3) is 0.0741. The molecule has 0 fully saturated rings. The summed E-state index contributed by atoms with van der Waals surface area (Å²) in [5.41, 5.74) is 10.4. The van der Waals surface area contributed by atoms with Gasteiger partial charge in [-0.3, -0.25) is 19.3 Å². The third kappa shape index (κ3) is 4.14. The van der Waals surface area contributed by atoms with Gasteiger partial charge in [-0.2, -0.15) is 0 Å². The van der Waals surface area contributed by atoms with Gasteiger partial charge in [0, 0.05) is 36.3 Å². The largest absolute Gasteiger partial charge is 0.382 e. The van der Waals surface area contributed by atoms with Crippen LogP contribution in [0.2, 0.25) is 0 Å². The summed E-state index contributed by atoms with van der Waals surface area (Å²) in [6, 6.07) is 20.0. The number of amides is 1. The van der Waals surface area contributed by atoms with Crippen molar-refractivity contribution < 1.29 is 4.79 Å². The number of nitrogens with zero attached hydrogens (tertiary/aromatic N) is 5. The van der Waals surface area contributed by atoms with Crippen molar-refractivity contribution in [2.45, 2.75) is 6.92 Å². The van der Waals surface area contributed by atoms with E-state index in [0.29, 0.717) is 34.3 Å². The van der Waals surface area contributed by atoms with Gasteiger partial charge in [0.25, 0.3) is 11.5 Å². The fourth-order valence-corrected chi connectivity index (χ4v) is 4.01. The molecule has 3 aromatic heterocycles. The predicted molar refractivity (Wildman–Crippen MR) is 139 cm³/mol. The van der Waals surface area contributed by atoms with E-state index in [2.05, 4.69) is 20.3 Å². The Balaban J connectivity index is 1.41. The number of nitrogen functional groups attached to an aromatic ring is 1. The van der Waals surface area contributed by atoms with E-state index < -0.39 is 5.91 Å². The zero-order valence-electron chi connectivity index (χ0n) is 19.7. The Labute approximate surface area is 206 Å². The molecule has 36 heavy (non-hydrogen) atoms. The van der Waals surface area contributed by atoms with E-state index in [1.807, 2.05) is 42.5 Å². The van der Waals surface area contributed by atoms with E-state index in [4.69, 9.17) is 5.73 Å². The number of hydrogen-bond donors (Lipinski definition) is 2. The van der Waals surface area contributed by atoms with Gasteiger partial charge in [-0.05, 0) is 43.3 Å². The van der Waals surface area contributed by atoms with Gasteiger partial charge in [0.2, 0.25) is 0 Å². The van der Waals surface area contributed by atoms with Crippen LogP contribution in [0.15, 0.2) is 90.1 Å². The lowest BCUT2D eigenvalue weighted by Gasteiger charge is -2.09. The highest BCUT2D eigenvalue weighted by atomic mass is 16.2. The van der Waals surface area contributed by atoms with Crippen molar-refractivity contribution in [1.82, 2.24) is 24.3 Å². The smallest absolute Gasteiger partial charge is 0.284 e. The van der Waals surface area contributed by atoms with Crippen LogP contribution in [0.4, 0.5) is 11.5 Å². The molecular formula is C27H23N7O2. The second-order valence-corrected chi connectivity index (χ2v) is 8.19. The van der Waals surface area contributed by atoms with E-state index in [1.54, 1.807) is 61.5 Å². The van der Waals surface area contributed by atoms with Gasteiger partial charge in [0.1, 0.15) is 17.1 Å². The monoisotopic (exact) mass is 477 g/mol. The minimum absolute atomic E-state index is 0.0885. The first-order chi connectivity index (χ1) is 17.4. The molecule has 0 aliphatic carbocycles. The van der Waals surface area contributed by atoms with Gasteiger partial charge in [0.15, 0.2) is 0 Å². The Hall–Kier alpha value is -5.05. The summed E-state index contributed by atoms with van der Waals surface area (Å²) >= 11 is 0. The van der Waals surface area contributed by atoms with Crippen molar-refractivity contribution >= 4 is 17.4 Å². The van der Waals surface area contributed by atoms with Crippen molar-refractivity contribution in [1.29, 1.82) is 0 Å². The van der Waals surface area contributed by atoms with Crippen LogP contribution in [-0.2, 0) is 7.05 Å². The molecule has 178 valence electrons. The SMILES string of the molecule is Cc1c(C(=O)Nc2ccc(-c3nc(-c4ccncc4)cnc3N)cc2)c(=O)n(-c2ccccc2)n1C. The molecule has 3 heterocycles. The number of nitrogens with two attached hydrogens (primary N) is 1. The number of rotatable bonds is 5. The number of pyridine rings is 1. The molecular weight excluding hydrogens is 454 g/mol. The fourth-order valence-electron chi connectivity index (χ4n) is 4.01. The number of anilines is 2. The van der Waals surface area contributed by atoms with Gasteiger partial charge >= 0.3 is 0 Å². The highest BCUT2D eigenvalue weighted by Crippen LogP contribution is 2.27. The Bertz CT molecular complexity index is 1610. The first-order valence-corrected chi connectivity index (χ1v) is 11.2. The van der Waals surface area contributed by atoms with Crippen molar-refractivity contribution in [2.24, 2.45) is 7.05 Å². The molecule has 0 saturated heterocycles. The van der Waals surface area contributed by atoms with Crippen LogP contribution < -0.4 is 16.6 Å². The molecule has 5 aromatic rings. The van der Waals surface area contributed by atoms with Crippen molar-refractivity contribution in [3.63, 3.8) is 0 Å². The molecule has 3 N–H and O–H groups in total. The maximum absolute atomic E-state index is 13.1. The van der Waals surface area contributed by atoms with Crippen LogP contribution in [0.25, 0.3) is 28.2 Å². The summed E-state index contributed by atoms with van der Waals surface area (Å²) in [5.74, 6) is -0.180. The topological polar surface area (TPSA) is 121 Å². The normalized spacial score (nSPS) is 10.8. The molecule has 0 atom stereocenters. The standard InChI is InChI=1S/C27H23N7O2/c1-17-23(27(36)34(33(17)2)21-6-4-3-5-7-21)26(35)31-20-10-8-19(9-11-20)24-25(28)30-16-22(32-24)18-12-14-29-15-13-18/h3-16H,1-2H3,(H2,28,30)(H,31,35). The molecule has 5 rings (SSSR count). The number of aromatic nitrogens is 5. The number of carbonyl (C=O) groups excluding carboxylic acids is 1. The van der Waals surface area contributed by atoms with Gasteiger partial charge in [0.05, 0.1) is 23.3 Å². The number of benzene rings is 2. The van der Waals surface area contributed by atoms with Crippen LogP contribution in [0.1, 0.15) is 16.1 Å². The van der Waals surface area contributed by atoms with Gasteiger partial charge < -0.3 is 11.1 Å². The maximum atomic E-state index is 13.1. The summed E-state index contributed by atoms with van der Waals surface area (Å²) in [5, 5.41) is 2.82. The van der Waals surface area contributed by atoms with Crippen molar-refractivity contribution in [3.8, 4) is 28.2 Å². The van der Waals surface area contributed by atoms with Crippen LogP contribution in [0.5, 0.6) is 0 Å².